The van der Waals surface area contributed by atoms with E-state index in [1.54, 1.807) is 32.2 Å². The number of carbonyl (C=O) groups is 1. The third-order valence-corrected chi connectivity index (χ3v) is 3.88. The van der Waals surface area contributed by atoms with Gasteiger partial charge in [-0.25, -0.2) is 13.7 Å². The van der Waals surface area contributed by atoms with Crippen LogP contribution in [0.4, 0.5) is 10.3 Å². The van der Waals surface area contributed by atoms with Crippen LogP contribution in [0.1, 0.15) is 28.4 Å². The molecule has 0 radical (unpaired) electrons. The van der Waals surface area contributed by atoms with E-state index in [-0.39, 0.29) is 17.1 Å². The Labute approximate surface area is 131 Å². The van der Waals surface area contributed by atoms with Gasteiger partial charge in [-0.2, -0.15) is 4.98 Å². The molecular formula is C16H15FN4O2. The van der Waals surface area contributed by atoms with Gasteiger partial charge in [0.2, 0.25) is 5.95 Å². The normalized spacial score (nSPS) is 11.1. The summed E-state index contributed by atoms with van der Waals surface area (Å²) in [7, 11) is 0. The van der Waals surface area contributed by atoms with Crippen LogP contribution < -0.4 is 5.73 Å². The molecule has 2 aromatic heterocycles. The van der Waals surface area contributed by atoms with Gasteiger partial charge in [0.25, 0.3) is 0 Å². The highest BCUT2D eigenvalue weighted by Crippen LogP contribution is 2.30. The molecule has 0 fully saturated rings. The van der Waals surface area contributed by atoms with Crippen LogP contribution in [0, 0.1) is 12.7 Å². The van der Waals surface area contributed by atoms with Gasteiger partial charge in [0.1, 0.15) is 5.82 Å². The van der Waals surface area contributed by atoms with E-state index in [1.807, 2.05) is 0 Å². The first-order valence-corrected chi connectivity index (χ1v) is 7.10. The van der Waals surface area contributed by atoms with Crippen molar-refractivity contribution < 1.29 is 14.3 Å². The molecule has 0 amide bonds. The summed E-state index contributed by atoms with van der Waals surface area (Å²) in [6.45, 7) is 3.40. The zero-order valence-corrected chi connectivity index (χ0v) is 12.7. The number of nitrogens with two attached hydrogens (primary N) is 1. The molecule has 0 aliphatic rings. The Balaban J connectivity index is 2.26. The zero-order chi connectivity index (χ0) is 16.7. The second kappa shape index (κ2) is 5.35. The summed E-state index contributed by atoms with van der Waals surface area (Å²) in [6.07, 6.45) is 2.06. The number of fused-ring (bicyclic) bond motifs is 1. The summed E-state index contributed by atoms with van der Waals surface area (Å²) in [5.41, 5.74) is 7.72. The summed E-state index contributed by atoms with van der Waals surface area (Å²) >= 11 is 0. The number of pyridine rings is 1. The minimum Gasteiger partial charge on any atom is -0.478 e. The number of benzene rings is 1. The molecule has 23 heavy (non-hydrogen) atoms. The minimum absolute atomic E-state index is 0.113. The standard InChI is InChI=1S/C16H15FN4O2/c1-3-10-8(2)14(17)11(7-12(10)15(22)23)9-4-5-21-13(6-9)19-16(18)20-21/h4-7H,3H2,1-2H3,(H2,18,20)(H,22,23). The Kier molecular flexibility index (Phi) is 3.48. The van der Waals surface area contributed by atoms with Gasteiger partial charge >= 0.3 is 5.97 Å². The first kappa shape index (κ1) is 15.0. The number of aromatic nitrogens is 3. The zero-order valence-electron chi connectivity index (χ0n) is 12.7. The second-order valence-electron chi connectivity index (χ2n) is 5.24. The van der Waals surface area contributed by atoms with E-state index >= 15 is 0 Å². The Hall–Kier alpha value is -2.96. The molecular weight excluding hydrogens is 299 g/mol. The fraction of sp³-hybridized carbons (Fsp3) is 0.188. The van der Waals surface area contributed by atoms with Crippen LogP contribution in [0.5, 0.6) is 0 Å². The first-order chi connectivity index (χ1) is 10.9. The molecule has 0 saturated heterocycles. The van der Waals surface area contributed by atoms with Gasteiger partial charge in [-0.15, -0.1) is 5.10 Å². The fourth-order valence-corrected chi connectivity index (χ4v) is 2.75. The van der Waals surface area contributed by atoms with E-state index < -0.39 is 11.8 Å². The predicted molar refractivity (Wildman–Crippen MR) is 83.9 cm³/mol. The number of halogens is 1. The number of rotatable bonds is 3. The third kappa shape index (κ3) is 2.40. The van der Waals surface area contributed by atoms with Gasteiger partial charge in [0, 0.05) is 11.8 Å². The van der Waals surface area contributed by atoms with Gasteiger partial charge < -0.3 is 10.8 Å². The molecule has 0 saturated carbocycles. The molecule has 3 N–H and O–H groups in total. The minimum atomic E-state index is -1.07. The number of nitrogen functional groups attached to an aromatic ring is 1. The molecule has 0 atom stereocenters. The Bertz CT molecular complexity index is 933. The second-order valence-corrected chi connectivity index (χ2v) is 5.24. The molecule has 0 aliphatic heterocycles. The largest absolute Gasteiger partial charge is 0.478 e. The third-order valence-electron chi connectivity index (χ3n) is 3.88. The van der Waals surface area contributed by atoms with Gasteiger partial charge in [0.15, 0.2) is 5.65 Å². The number of anilines is 1. The van der Waals surface area contributed by atoms with Crippen LogP contribution in [0.3, 0.4) is 0 Å². The van der Waals surface area contributed by atoms with Crippen LogP contribution in [0.25, 0.3) is 16.8 Å². The van der Waals surface area contributed by atoms with Crippen molar-refractivity contribution in [2.45, 2.75) is 20.3 Å². The lowest BCUT2D eigenvalue weighted by Crippen LogP contribution is -2.07. The van der Waals surface area contributed by atoms with Crippen molar-refractivity contribution in [1.29, 1.82) is 0 Å². The van der Waals surface area contributed by atoms with Crippen LogP contribution in [0.15, 0.2) is 24.4 Å². The number of carboxylic acids is 1. The van der Waals surface area contributed by atoms with Crippen molar-refractivity contribution in [1.82, 2.24) is 14.6 Å². The predicted octanol–water partition coefficient (Wildman–Crippen LogP) is 2.69. The van der Waals surface area contributed by atoms with Crippen molar-refractivity contribution in [3.05, 3.63) is 46.9 Å². The molecule has 0 unspecified atom stereocenters. The number of nitrogens with zero attached hydrogens (tertiary/aromatic N) is 3. The molecule has 2 heterocycles. The highest BCUT2D eigenvalue weighted by atomic mass is 19.1. The molecule has 3 aromatic rings. The molecule has 118 valence electrons. The van der Waals surface area contributed by atoms with E-state index in [1.165, 1.54) is 10.6 Å². The smallest absolute Gasteiger partial charge is 0.335 e. The average Bonchev–Trinajstić information content (AvgIpc) is 2.88. The summed E-state index contributed by atoms with van der Waals surface area (Å²) in [5, 5.41) is 13.3. The Morgan fingerprint density at radius 1 is 1.43 bits per heavy atom. The van der Waals surface area contributed by atoms with Crippen LogP contribution in [-0.4, -0.2) is 25.7 Å². The summed E-state index contributed by atoms with van der Waals surface area (Å²) in [5.74, 6) is -1.38. The van der Waals surface area contributed by atoms with Gasteiger partial charge in [-0.1, -0.05) is 6.92 Å². The molecule has 0 bridgehead atoms. The molecule has 0 aliphatic carbocycles. The quantitative estimate of drug-likeness (QED) is 0.775. The lowest BCUT2D eigenvalue weighted by atomic mass is 9.93. The molecule has 0 spiro atoms. The maximum Gasteiger partial charge on any atom is 0.335 e. The van der Waals surface area contributed by atoms with Gasteiger partial charge in [-0.05, 0) is 48.2 Å². The maximum atomic E-state index is 14.7. The van der Waals surface area contributed by atoms with Crippen molar-refractivity contribution in [2.24, 2.45) is 0 Å². The molecule has 6 nitrogen and oxygen atoms in total. The van der Waals surface area contributed by atoms with Crippen molar-refractivity contribution in [3.63, 3.8) is 0 Å². The Morgan fingerprint density at radius 3 is 2.83 bits per heavy atom. The number of aromatic carboxylic acids is 1. The average molecular weight is 314 g/mol. The van der Waals surface area contributed by atoms with Gasteiger partial charge in [0.05, 0.1) is 5.56 Å². The van der Waals surface area contributed by atoms with E-state index in [0.29, 0.717) is 28.8 Å². The highest BCUT2D eigenvalue weighted by Gasteiger charge is 2.19. The van der Waals surface area contributed by atoms with Gasteiger partial charge in [-0.3, -0.25) is 0 Å². The number of hydrogen-bond acceptors (Lipinski definition) is 4. The topological polar surface area (TPSA) is 93.5 Å². The lowest BCUT2D eigenvalue weighted by molar-refractivity contribution is 0.0695. The number of carboxylic acid groups (broad SMARTS) is 1. The summed E-state index contributed by atoms with van der Waals surface area (Å²) in [4.78, 5) is 15.5. The van der Waals surface area contributed by atoms with Crippen LogP contribution in [-0.2, 0) is 6.42 Å². The SMILES string of the molecule is CCc1c(C(=O)O)cc(-c2ccn3nc(N)nc3c2)c(F)c1C. The van der Waals surface area contributed by atoms with E-state index in [9.17, 15) is 14.3 Å². The van der Waals surface area contributed by atoms with E-state index in [2.05, 4.69) is 10.1 Å². The van der Waals surface area contributed by atoms with E-state index in [4.69, 9.17) is 5.73 Å². The molecule has 3 rings (SSSR count). The van der Waals surface area contributed by atoms with Crippen LogP contribution in [0.2, 0.25) is 0 Å². The van der Waals surface area contributed by atoms with Crippen molar-refractivity contribution in [2.75, 3.05) is 5.73 Å². The number of hydrogen-bond donors (Lipinski definition) is 2. The molecule has 7 heteroatoms. The first-order valence-electron chi connectivity index (χ1n) is 7.10. The molecule has 1 aromatic carbocycles. The van der Waals surface area contributed by atoms with Crippen molar-refractivity contribution in [3.8, 4) is 11.1 Å². The highest BCUT2D eigenvalue weighted by molar-refractivity contribution is 5.92. The van der Waals surface area contributed by atoms with Crippen molar-refractivity contribution >= 4 is 17.6 Å². The lowest BCUT2D eigenvalue weighted by Gasteiger charge is -2.13. The monoisotopic (exact) mass is 314 g/mol. The van der Waals surface area contributed by atoms with E-state index in [0.717, 1.165) is 0 Å². The fourth-order valence-electron chi connectivity index (χ4n) is 2.75. The summed E-state index contributed by atoms with van der Waals surface area (Å²) < 4.78 is 16.2. The maximum absolute atomic E-state index is 14.7. The Morgan fingerprint density at radius 2 is 2.17 bits per heavy atom. The van der Waals surface area contributed by atoms with Crippen LogP contribution >= 0.6 is 0 Å². The summed E-state index contributed by atoms with van der Waals surface area (Å²) in [6, 6.07) is 4.64.